The lowest BCUT2D eigenvalue weighted by Gasteiger charge is -2.29. The van der Waals surface area contributed by atoms with Crippen molar-refractivity contribution in [2.45, 2.75) is 25.4 Å². The van der Waals surface area contributed by atoms with Crippen molar-refractivity contribution >= 4 is 17.4 Å². The summed E-state index contributed by atoms with van der Waals surface area (Å²) in [5.41, 5.74) is 1.91. The maximum atomic E-state index is 12.2. The molecule has 1 fully saturated rings. The average molecular weight is 321 g/mol. The predicted octanol–water partition coefficient (Wildman–Crippen LogP) is 2.15. The van der Waals surface area contributed by atoms with Crippen LogP contribution in [0.1, 0.15) is 19.3 Å². The number of carbonyl (C=O) groups excluding carboxylic acids is 1. The molecular formula is C17H27N3O3. The number of likely N-dealkylation sites (N-methyl/N-ethyl adjacent to an activating group) is 1. The summed E-state index contributed by atoms with van der Waals surface area (Å²) in [6.07, 6.45) is 3.05. The Morgan fingerprint density at radius 1 is 1.39 bits per heavy atom. The molecule has 6 heteroatoms. The Morgan fingerprint density at radius 3 is 2.83 bits per heavy atom. The van der Waals surface area contributed by atoms with Crippen LogP contribution in [-0.2, 0) is 4.74 Å². The zero-order valence-electron chi connectivity index (χ0n) is 14.0. The van der Waals surface area contributed by atoms with Gasteiger partial charge in [0.05, 0.1) is 19.3 Å². The molecule has 0 bridgehead atoms. The second-order valence-corrected chi connectivity index (χ2v) is 6.02. The fourth-order valence-electron chi connectivity index (χ4n) is 2.80. The van der Waals surface area contributed by atoms with Crippen molar-refractivity contribution in [3.05, 3.63) is 24.3 Å². The monoisotopic (exact) mass is 321 g/mol. The molecule has 1 aliphatic rings. The fourth-order valence-corrected chi connectivity index (χ4v) is 2.80. The minimum atomic E-state index is -0.685. The number of rotatable bonds is 6. The van der Waals surface area contributed by atoms with Gasteiger partial charge in [0, 0.05) is 38.6 Å². The summed E-state index contributed by atoms with van der Waals surface area (Å²) >= 11 is 0. The normalized spacial score (nSPS) is 16.0. The predicted molar refractivity (Wildman–Crippen MR) is 92.0 cm³/mol. The molecule has 2 rings (SSSR count). The van der Waals surface area contributed by atoms with E-state index in [-0.39, 0.29) is 19.2 Å². The average Bonchev–Trinajstić information content (AvgIpc) is 2.56. The Hall–Kier alpha value is -1.79. The van der Waals surface area contributed by atoms with Crippen molar-refractivity contribution in [3.63, 3.8) is 0 Å². The molecule has 2 amide bonds. The van der Waals surface area contributed by atoms with E-state index >= 15 is 0 Å². The second-order valence-electron chi connectivity index (χ2n) is 6.02. The van der Waals surface area contributed by atoms with Crippen molar-refractivity contribution in [1.82, 2.24) is 4.90 Å². The Morgan fingerprint density at radius 2 is 2.13 bits per heavy atom. The highest BCUT2D eigenvalue weighted by Crippen LogP contribution is 2.23. The maximum absolute atomic E-state index is 12.2. The molecule has 1 saturated heterocycles. The molecule has 1 unspecified atom stereocenters. The highest BCUT2D eigenvalue weighted by Gasteiger charge is 2.15. The van der Waals surface area contributed by atoms with Crippen molar-refractivity contribution in [1.29, 1.82) is 0 Å². The number of methoxy groups -OCH3 is 1. The minimum Gasteiger partial charge on any atom is -0.389 e. The minimum absolute atomic E-state index is 0.210. The number of carbonyl (C=O) groups is 1. The Labute approximate surface area is 138 Å². The van der Waals surface area contributed by atoms with Crippen LogP contribution in [-0.4, -0.2) is 62.5 Å². The number of amides is 2. The lowest BCUT2D eigenvalue weighted by Crippen LogP contribution is -2.38. The number of ether oxygens (including phenoxy) is 1. The van der Waals surface area contributed by atoms with Gasteiger partial charge in [-0.3, -0.25) is 0 Å². The quantitative estimate of drug-likeness (QED) is 0.842. The van der Waals surface area contributed by atoms with Crippen LogP contribution >= 0.6 is 0 Å². The Kier molecular flexibility index (Phi) is 6.67. The Bertz CT molecular complexity index is 504. The van der Waals surface area contributed by atoms with Crippen LogP contribution in [0.5, 0.6) is 0 Å². The summed E-state index contributed by atoms with van der Waals surface area (Å²) < 4.78 is 4.87. The standard InChI is InChI=1S/C17H27N3O3/c1-19(12-16(21)13-23-2)17(22)18-14-7-6-8-15(11-14)20-9-4-3-5-10-20/h6-8,11,16,21H,3-5,9-10,12-13H2,1-2H3,(H,18,22). The van der Waals surface area contributed by atoms with Gasteiger partial charge in [-0.15, -0.1) is 0 Å². The number of aliphatic hydroxyl groups is 1. The van der Waals surface area contributed by atoms with E-state index in [1.807, 2.05) is 18.2 Å². The number of anilines is 2. The highest BCUT2D eigenvalue weighted by atomic mass is 16.5. The van der Waals surface area contributed by atoms with Gasteiger partial charge in [0.2, 0.25) is 0 Å². The molecule has 6 nitrogen and oxygen atoms in total. The molecule has 2 N–H and O–H groups in total. The van der Waals surface area contributed by atoms with Crippen molar-refractivity contribution in [2.75, 3.05) is 50.6 Å². The van der Waals surface area contributed by atoms with Gasteiger partial charge in [0.25, 0.3) is 0 Å². The van der Waals surface area contributed by atoms with E-state index in [0.29, 0.717) is 0 Å². The Balaban J connectivity index is 1.92. The first-order valence-corrected chi connectivity index (χ1v) is 8.14. The first-order chi connectivity index (χ1) is 11.1. The number of aliphatic hydroxyl groups excluding tert-OH is 1. The number of nitrogens with one attached hydrogen (secondary N) is 1. The van der Waals surface area contributed by atoms with Crippen LogP contribution in [0, 0.1) is 0 Å². The van der Waals surface area contributed by atoms with Crippen LogP contribution in [0.2, 0.25) is 0 Å². The molecule has 1 aromatic carbocycles. The number of hydrogen-bond acceptors (Lipinski definition) is 4. The van der Waals surface area contributed by atoms with Crippen LogP contribution in [0.25, 0.3) is 0 Å². The maximum Gasteiger partial charge on any atom is 0.321 e. The van der Waals surface area contributed by atoms with Crippen molar-refractivity contribution in [2.24, 2.45) is 0 Å². The molecule has 0 radical (unpaired) electrons. The molecule has 1 aromatic rings. The molecule has 0 aliphatic carbocycles. The van der Waals surface area contributed by atoms with Crippen LogP contribution in [0.15, 0.2) is 24.3 Å². The molecule has 1 atom stereocenters. The second kappa shape index (κ2) is 8.74. The van der Waals surface area contributed by atoms with Gasteiger partial charge < -0.3 is 25.0 Å². The van der Waals surface area contributed by atoms with E-state index in [4.69, 9.17) is 4.74 Å². The number of benzene rings is 1. The number of piperidine rings is 1. The first-order valence-electron chi connectivity index (χ1n) is 8.14. The highest BCUT2D eigenvalue weighted by molar-refractivity contribution is 5.89. The molecule has 0 saturated carbocycles. The lowest BCUT2D eigenvalue weighted by molar-refractivity contribution is 0.0501. The zero-order chi connectivity index (χ0) is 16.7. The third-order valence-corrected chi connectivity index (χ3v) is 4.01. The van der Waals surface area contributed by atoms with Gasteiger partial charge in [0.15, 0.2) is 0 Å². The van der Waals surface area contributed by atoms with Gasteiger partial charge in [-0.2, -0.15) is 0 Å². The summed E-state index contributed by atoms with van der Waals surface area (Å²) in [6.45, 7) is 2.58. The smallest absolute Gasteiger partial charge is 0.321 e. The summed E-state index contributed by atoms with van der Waals surface area (Å²) in [7, 11) is 3.18. The SMILES string of the molecule is COCC(O)CN(C)C(=O)Nc1cccc(N2CCCCC2)c1. The largest absolute Gasteiger partial charge is 0.389 e. The van der Waals surface area contributed by atoms with Crippen LogP contribution < -0.4 is 10.2 Å². The number of nitrogens with zero attached hydrogens (tertiary/aromatic N) is 2. The number of urea groups is 1. The van der Waals surface area contributed by atoms with Crippen molar-refractivity contribution in [3.8, 4) is 0 Å². The van der Waals surface area contributed by atoms with E-state index in [1.54, 1.807) is 7.05 Å². The van der Waals surface area contributed by atoms with E-state index in [2.05, 4.69) is 16.3 Å². The third kappa shape index (κ3) is 5.41. The van der Waals surface area contributed by atoms with Crippen molar-refractivity contribution < 1.29 is 14.6 Å². The van der Waals surface area contributed by atoms with E-state index in [0.717, 1.165) is 24.5 Å². The summed E-state index contributed by atoms with van der Waals surface area (Å²) in [4.78, 5) is 16.0. The van der Waals surface area contributed by atoms with Gasteiger partial charge in [-0.05, 0) is 37.5 Å². The van der Waals surface area contributed by atoms with E-state index in [1.165, 1.54) is 31.3 Å². The molecule has 23 heavy (non-hydrogen) atoms. The number of hydrogen-bond donors (Lipinski definition) is 2. The molecule has 0 aromatic heterocycles. The van der Waals surface area contributed by atoms with Gasteiger partial charge in [0.1, 0.15) is 0 Å². The van der Waals surface area contributed by atoms with Gasteiger partial charge in [-0.1, -0.05) is 6.07 Å². The summed E-state index contributed by atoms with van der Waals surface area (Å²) in [6, 6.07) is 7.68. The molecular weight excluding hydrogens is 294 g/mol. The topological polar surface area (TPSA) is 65.0 Å². The molecule has 128 valence electrons. The van der Waals surface area contributed by atoms with E-state index in [9.17, 15) is 9.90 Å². The van der Waals surface area contributed by atoms with Gasteiger partial charge >= 0.3 is 6.03 Å². The van der Waals surface area contributed by atoms with Gasteiger partial charge in [-0.25, -0.2) is 4.79 Å². The molecule has 1 aliphatic heterocycles. The fraction of sp³-hybridized carbons (Fsp3) is 0.588. The summed E-state index contributed by atoms with van der Waals surface area (Å²) in [5, 5.41) is 12.6. The third-order valence-electron chi connectivity index (χ3n) is 4.01. The zero-order valence-corrected chi connectivity index (χ0v) is 14.0. The van der Waals surface area contributed by atoms with E-state index < -0.39 is 6.10 Å². The summed E-state index contributed by atoms with van der Waals surface area (Å²) in [5.74, 6) is 0. The van der Waals surface area contributed by atoms with Crippen LogP contribution in [0.4, 0.5) is 16.2 Å². The molecule has 1 heterocycles. The molecule has 0 spiro atoms. The van der Waals surface area contributed by atoms with Crippen LogP contribution in [0.3, 0.4) is 0 Å². The lowest BCUT2D eigenvalue weighted by atomic mass is 10.1. The first kappa shape index (κ1) is 17.6.